The number of rotatable bonds is 5. The van der Waals surface area contributed by atoms with E-state index in [2.05, 4.69) is 25.2 Å². The van der Waals surface area contributed by atoms with E-state index < -0.39 is 5.60 Å². The molecule has 1 aliphatic carbocycles. The van der Waals surface area contributed by atoms with Crippen molar-refractivity contribution in [3.63, 3.8) is 0 Å². The first-order chi connectivity index (χ1) is 8.80. The third-order valence-corrected chi connectivity index (χ3v) is 3.63. The number of alkyl carbamates (subject to hydrolysis) is 1. The van der Waals surface area contributed by atoms with E-state index in [9.17, 15) is 4.79 Å². The van der Waals surface area contributed by atoms with Crippen LogP contribution in [0.3, 0.4) is 0 Å². The summed E-state index contributed by atoms with van der Waals surface area (Å²) in [6.45, 7) is 9.95. The van der Waals surface area contributed by atoms with Gasteiger partial charge in [-0.1, -0.05) is 11.6 Å². The van der Waals surface area contributed by atoms with Crippen molar-refractivity contribution in [3.8, 4) is 0 Å². The lowest BCUT2D eigenvalue weighted by molar-refractivity contribution is 0.0449. The summed E-state index contributed by atoms with van der Waals surface area (Å²) in [5.74, 6) is 0.782. The van der Waals surface area contributed by atoms with Crippen LogP contribution in [-0.4, -0.2) is 17.7 Å². The van der Waals surface area contributed by atoms with Gasteiger partial charge in [0.15, 0.2) is 0 Å². The van der Waals surface area contributed by atoms with Crippen LogP contribution in [0, 0.1) is 5.92 Å². The van der Waals surface area contributed by atoms with Crippen molar-refractivity contribution in [1.29, 1.82) is 0 Å². The summed E-state index contributed by atoms with van der Waals surface area (Å²) in [6, 6.07) is 0.322. The van der Waals surface area contributed by atoms with E-state index in [-0.39, 0.29) is 6.09 Å². The van der Waals surface area contributed by atoms with Crippen LogP contribution in [0.2, 0.25) is 0 Å². The van der Waals surface area contributed by atoms with Gasteiger partial charge >= 0.3 is 6.09 Å². The fraction of sp³-hybridized carbons (Fsp3) is 0.812. The Kier molecular flexibility index (Phi) is 5.89. The lowest BCUT2D eigenvalue weighted by atomic mass is 9.77. The Balaban J connectivity index is 2.09. The van der Waals surface area contributed by atoms with Crippen molar-refractivity contribution in [2.45, 2.75) is 78.4 Å². The van der Waals surface area contributed by atoms with Crippen LogP contribution in [0.25, 0.3) is 0 Å². The third-order valence-electron chi connectivity index (χ3n) is 3.63. The minimum atomic E-state index is -0.406. The first-order valence-electron chi connectivity index (χ1n) is 7.41. The van der Waals surface area contributed by atoms with Gasteiger partial charge in [-0.2, -0.15) is 0 Å². The molecule has 1 fully saturated rings. The Morgan fingerprint density at radius 1 is 1.37 bits per heavy atom. The van der Waals surface area contributed by atoms with Gasteiger partial charge in [-0.05, 0) is 72.6 Å². The SMILES string of the molecule is C/C=C(\C)CCCC1CC(NC(=O)OC(C)(C)C)C1. The highest BCUT2D eigenvalue weighted by atomic mass is 16.6. The lowest BCUT2D eigenvalue weighted by Gasteiger charge is -2.36. The highest BCUT2D eigenvalue weighted by molar-refractivity contribution is 5.68. The number of amides is 1. The summed E-state index contributed by atoms with van der Waals surface area (Å²) >= 11 is 0. The van der Waals surface area contributed by atoms with Crippen LogP contribution >= 0.6 is 0 Å². The fourth-order valence-corrected chi connectivity index (χ4v) is 2.38. The van der Waals surface area contributed by atoms with Gasteiger partial charge in [-0.3, -0.25) is 0 Å². The zero-order valence-electron chi connectivity index (χ0n) is 13.1. The molecule has 0 bridgehead atoms. The van der Waals surface area contributed by atoms with Crippen molar-refractivity contribution >= 4 is 6.09 Å². The average Bonchev–Trinajstić information content (AvgIpc) is 2.22. The molecule has 0 aromatic carbocycles. The molecule has 0 aromatic rings. The topological polar surface area (TPSA) is 38.3 Å². The summed E-state index contributed by atoms with van der Waals surface area (Å²) in [7, 11) is 0. The second-order valence-corrected chi connectivity index (χ2v) is 6.71. The molecular weight excluding hydrogens is 238 g/mol. The van der Waals surface area contributed by atoms with Gasteiger partial charge in [0.1, 0.15) is 5.60 Å². The summed E-state index contributed by atoms with van der Waals surface area (Å²) in [5, 5.41) is 2.94. The molecule has 0 atom stereocenters. The smallest absolute Gasteiger partial charge is 0.407 e. The number of hydrogen-bond acceptors (Lipinski definition) is 2. The van der Waals surface area contributed by atoms with Crippen LogP contribution in [0.4, 0.5) is 4.79 Å². The monoisotopic (exact) mass is 267 g/mol. The molecule has 0 aromatic heterocycles. The predicted octanol–water partition coefficient (Wildman–Crippen LogP) is 4.43. The number of carbonyl (C=O) groups excluding carboxylic acids is 1. The summed E-state index contributed by atoms with van der Waals surface area (Å²) in [6.07, 6.45) is 7.87. The standard InChI is InChI=1S/C16H29NO2/c1-6-12(2)8-7-9-13-10-14(11-13)17-15(18)19-16(3,4)5/h6,13-14H,7-11H2,1-5H3,(H,17,18)/b12-6+. The predicted molar refractivity (Wildman–Crippen MR) is 79.2 cm³/mol. The molecule has 1 amide bonds. The largest absolute Gasteiger partial charge is 0.444 e. The van der Waals surface area contributed by atoms with Gasteiger partial charge in [-0.25, -0.2) is 4.79 Å². The molecule has 0 aliphatic heterocycles. The van der Waals surface area contributed by atoms with Gasteiger partial charge in [0.25, 0.3) is 0 Å². The Labute approximate surface area is 117 Å². The van der Waals surface area contributed by atoms with Crippen LogP contribution in [0.1, 0.15) is 66.7 Å². The maximum atomic E-state index is 11.6. The number of carbonyl (C=O) groups is 1. The van der Waals surface area contributed by atoms with Gasteiger partial charge in [0.2, 0.25) is 0 Å². The van der Waals surface area contributed by atoms with Gasteiger partial charge < -0.3 is 10.1 Å². The molecule has 3 nitrogen and oxygen atoms in total. The van der Waals surface area contributed by atoms with E-state index in [1.807, 2.05) is 20.8 Å². The number of hydrogen-bond donors (Lipinski definition) is 1. The van der Waals surface area contributed by atoms with Gasteiger partial charge in [0, 0.05) is 6.04 Å². The average molecular weight is 267 g/mol. The quantitative estimate of drug-likeness (QED) is 0.748. The molecule has 1 aliphatic rings. The second kappa shape index (κ2) is 6.97. The van der Waals surface area contributed by atoms with Crippen molar-refractivity contribution in [1.82, 2.24) is 5.32 Å². The molecule has 0 heterocycles. The molecule has 1 saturated carbocycles. The highest BCUT2D eigenvalue weighted by Crippen LogP contribution is 2.32. The van der Waals surface area contributed by atoms with E-state index in [0.717, 1.165) is 18.8 Å². The molecular formula is C16H29NO2. The van der Waals surface area contributed by atoms with Crippen LogP contribution < -0.4 is 5.32 Å². The Bertz CT molecular complexity index is 322. The molecule has 0 saturated heterocycles. The second-order valence-electron chi connectivity index (χ2n) is 6.71. The fourth-order valence-electron chi connectivity index (χ4n) is 2.38. The van der Waals surface area contributed by atoms with E-state index in [4.69, 9.17) is 4.74 Å². The minimum Gasteiger partial charge on any atom is -0.444 e. The number of allylic oxidation sites excluding steroid dienone is 2. The van der Waals surface area contributed by atoms with E-state index in [1.165, 1.54) is 24.8 Å². The Hall–Kier alpha value is -0.990. The molecule has 110 valence electrons. The maximum Gasteiger partial charge on any atom is 0.407 e. The zero-order chi connectivity index (χ0) is 14.5. The van der Waals surface area contributed by atoms with Crippen LogP contribution in [0.5, 0.6) is 0 Å². The lowest BCUT2D eigenvalue weighted by Crippen LogP contribution is -2.46. The summed E-state index contributed by atoms with van der Waals surface area (Å²) < 4.78 is 5.25. The maximum absolute atomic E-state index is 11.6. The summed E-state index contributed by atoms with van der Waals surface area (Å²) in [4.78, 5) is 11.6. The summed E-state index contributed by atoms with van der Waals surface area (Å²) in [5.41, 5.74) is 1.07. The van der Waals surface area contributed by atoms with Crippen LogP contribution in [-0.2, 0) is 4.74 Å². The van der Waals surface area contributed by atoms with Crippen LogP contribution in [0.15, 0.2) is 11.6 Å². The first kappa shape index (κ1) is 16.1. The third kappa shape index (κ3) is 6.65. The molecule has 3 heteroatoms. The molecule has 19 heavy (non-hydrogen) atoms. The number of ether oxygens (including phenoxy) is 1. The molecule has 0 radical (unpaired) electrons. The highest BCUT2D eigenvalue weighted by Gasteiger charge is 2.30. The molecule has 1 N–H and O–H groups in total. The van der Waals surface area contributed by atoms with E-state index in [1.54, 1.807) is 0 Å². The van der Waals surface area contributed by atoms with Crippen molar-refractivity contribution in [2.75, 3.05) is 0 Å². The van der Waals surface area contributed by atoms with Gasteiger partial charge in [0.05, 0.1) is 0 Å². The first-order valence-corrected chi connectivity index (χ1v) is 7.41. The Morgan fingerprint density at radius 2 is 2.00 bits per heavy atom. The van der Waals surface area contributed by atoms with E-state index in [0.29, 0.717) is 6.04 Å². The van der Waals surface area contributed by atoms with Crippen molar-refractivity contribution in [2.24, 2.45) is 5.92 Å². The van der Waals surface area contributed by atoms with Crippen molar-refractivity contribution < 1.29 is 9.53 Å². The zero-order valence-corrected chi connectivity index (χ0v) is 13.1. The number of nitrogens with one attached hydrogen (secondary N) is 1. The Morgan fingerprint density at radius 3 is 2.53 bits per heavy atom. The normalized spacial score (nSPS) is 23.7. The molecule has 1 rings (SSSR count). The minimum absolute atomic E-state index is 0.277. The molecule has 0 unspecified atom stereocenters. The van der Waals surface area contributed by atoms with Crippen molar-refractivity contribution in [3.05, 3.63) is 11.6 Å². The van der Waals surface area contributed by atoms with Gasteiger partial charge in [-0.15, -0.1) is 0 Å². The molecule has 0 spiro atoms. The van der Waals surface area contributed by atoms with E-state index >= 15 is 0 Å².